The Morgan fingerprint density at radius 1 is 0.893 bits per heavy atom. The number of hydrogen-bond acceptors (Lipinski definition) is 3. The number of benzene rings is 3. The summed E-state index contributed by atoms with van der Waals surface area (Å²) < 4.78 is 5.87. The predicted octanol–water partition coefficient (Wildman–Crippen LogP) is 5.27. The van der Waals surface area contributed by atoms with E-state index in [0.29, 0.717) is 22.4 Å². The van der Waals surface area contributed by atoms with Gasteiger partial charge in [0.05, 0.1) is 12.6 Å². The predicted molar refractivity (Wildman–Crippen MR) is 113 cm³/mol. The maximum atomic E-state index is 12.0. The van der Waals surface area contributed by atoms with Gasteiger partial charge in [-0.2, -0.15) is 5.10 Å². The van der Waals surface area contributed by atoms with Crippen molar-refractivity contribution in [3.8, 4) is 5.75 Å². The van der Waals surface area contributed by atoms with Crippen LogP contribution in [-0.4, -0.2) is 12.1 Å². The molecule has 0 aliphatic carbocycles. The molecule has 0 aliphatic heterocycles. The Bertz CT molecular complexity index is 955. The number of nitrogens with zero attached hydrogens (tertiary/aromatic N) is 1. The van der Waals surface area contributed by atoms with Crippen LogP contribution >= 0.6 is 23.2 Å². The van der Waals surface area contributed by atoms with Gasteiger partial charge in [-0.15, -0.1) is 0 Å². The smallest absolute Gasteiger partial charge is 0.244 e. The standard InChI is InChI=1S/C22H18Cl2N2O2/c23-19-9-5-16(6-10-19)13-22(27)26-25-14-18-3-1-2-4-21(18)28-15-17-7-11-20(24)12-8-17/h1-12,14H,13,15H2,(H,26,27)/b25-14-. The van der Waals surface area contributed by atoms with E-state index in [9.17, 15) is 4.79 Å². The molecule has 0 heterocycles. The second-order valence-electron chi connectivity index (χ2n) is 6.05. The minimum atomic E-state index is -0.210. The average Bonchev–Trinajstić information content (AvgIpc) is 2.70. The van der Waals surface area contributed by atoms with E-state index < -0.39 is 0 Å². The topological polar surface area (TPSA) is 50.7 Å². The van der Waals surface area contributed by atoms with E-state index in [1.165, 1.54) is 0 Å². The van der Waals surface area contributed by atoms with E-state index >= 15 is 0 Å². The number of hydrazone groups is 1. The van der Waals surface area contributed by atoms with Crippen molar-refractivity contribution in [1.82, 2.24) is 5.43 Å². The molecular weight excluding hydrogens is 395 g/mol. The van der Waals surface area contributed by atoms with Gasteiger partial charge in [-0.05, 0) is 47.5 Å². The Morgan fingerprint density at radius 2 is 1.50 bits per heavy atom. The molecule has 142 valence electrons. The Hall–Kier alpha value is -2.82. The van der Waals surface area contributed by atoms with E-state index in [4.69, 9.17) is 27.9 Å². The Kier molecular flexibility index (Phi) is 7.06. The van der Waals surface area contributed by atoms with E-state index in [0.717, 1.165) is 16.7 Å². The highest BCUT2D eigenvalue weighted by Gasteiger charge is 2.04. The molecule has 0 fully saturated rings. The molecule has 3 aromatic rings. The molecule has 0 saturated carbocycles. The van der Waals surface area contributed by atoms with Crippen LogP contribution in [0.5, 0.6) is 5.75 Å². The van der Waals surface area contributed by atoms with Gasteiger partial charge in [-0.25, -0.2) is 5.43 Å². The van der Waals surface area contributed by atoms with Gasteiger partial charge in [0.25, 0.3) is 0 Å². The van der Waals surface area contributed by atoms with Crippen LogP contribution in [0.4, 0.5) is 0 Å². The summed E-state index contributed by atoms with van der Waals surface area (Å²) >= 11 is 11.7. The number of hydrogen-bond donors (Lipinski definition) is 1. The number of para-hydroxylation sites is 1. The molecule has 3 rings (SSSR count). The van der Waals surface area contributed by atoms with Gasteiger partial charge in [0, 0.05) is 15.6 Å². The Balaban J connectivity index is 1.56. The van der Waals surface area contributed by atoms with Crippen molar-refractivity contribution in [3.63, 3.8) is 0 Å². The molecule has 0 spiro atoms. The first kappa shape index (κ1) is 19.9. The second kappa shape index (κ2) is 9.93. The summed E-state index contributed by atoms with van der Waals surface area (Å²) in [5, 5.41) is 5.36. The Morgan fingerprint density at radius 3 is 2.18 bits per heavy atom. The zero-order valence-corrected chi connectivity index (χ0v) is 16.5. The number of ether oxygens (including phenoxy) is 1. The number of rotatable bonds is 7. The molecule has 0 radical (unpaired) electrons. The largest absolute Gasteiger partial charge is 0.488 e. The van der Waals surface area contributed by atoms with Crippen molar-refractivity contribution in [2.24, 2.45) is 5.10 Å². The lowest BCUT2D eigenvalue weighted by atomic mass is 10.1. The van der Waals surface area contributed by atoms with Gasteiger partial charge < -0.3 is 4.74 Å². The summed E-state index contributed by atoms with van der Waals surface area (Å²) in [5.41, 5.74) is 5.17. The minimum absolute atomic E-state index is 0.210. The monoisotopic (exact) mass is 412 g/mol. The van der Waals surface area contributed by atoms with Crippen molar-refractivity contribution in [1.29, 1.82) is 0 Å². The Labute approximate surface area is 173 Å². The summed E-state index contributed by atoms with van der Waals surface area (Å²) in [6.45, 7) is 0.408. The first-order valence-corrected chi connectivity index (χ1v) is 9.38. The third kappa shape index (κ3) is 6.12. The fourth-order valence-corrected chi connectivity index (χ4v) is 2.71. The molecule has 1 amide bonds. The third-order valence-corrected chi connectivity index (χ3v) is 4.40. The molecule has 3 aromatic carbocycles. The van der Waals surface area contributed by atoms with Crippen LogP contribution in [0.2, 0.25) is 10.0 Å². The molecular formula is C22H18Cl2N2O2. The van der Waals surface area contributed by atoms with Crippen molar-refractivity contribution >= 4 is 35.3 Å². The van der Waals surface area contributed by atoms with E-state index in [-0.39, 0.29) is 12.3 Å². The fraction of sp³-hybridized carbons (Fsp3) is 0.0909. The highest BCUT2D eigenvalue weighted by molar-refractivity contribution is 6.30. The van der Waals surface area contributed by atoms with Gasteiger partial charge in [-0.1, -0.05) is 59.6 Å². The van der Waals surface area contributed by atoms with Crippen LogP contribution in [0, 0.1) is 0 Å². The number of amides is 1. The van der Waals surface area contributed by atoms with Gasteiger partial charge in [0.1, 0.15) is 12.4 Å². The van der Waals surface area contributed by atoms with Crippen LogP contribution in [0.15, 0.2) is 77.9 Å². The van der Waals surface area contributed by atoms with Crippen molar-refractivity contribution in [3.05, 3.63) is 99.5 Å². The highest BCUT2D eigenvalue weighted by atomic mass is 35.5. The minimum Gasteiger partial charge on any atom is -0.488 e. The normalized spacial score (nSPS) is 10.8. The lowest BCUT2D eigenvalue weighted by Crippen LogP contribution is -2.19. The molecule has 0 aromatic heterocycles. The van der Waals surface area contributed by atoms with Gasteiger partial charge in [0.2, 0.25) is 5.91 Å². The molecule has 1 N–H and O–H groups in total. The number of halogens is 2. The van der Waals surface area contributed by atoms with E-state index in [1.807, 2.05) is 60.7 Å². The molecule has 4 nitrogen and oxygen atoms in total. The summed E-state index contributed by atoms with van der Waals surface area (Å²) in [5.74, 6) is 0.464. The van der Waals surface area contributed by atoms with Crippen LogP contribution in [-0.2, 0) is 17.8 Å². The molecule has 0 bridgehead atoms. The SMILES string of the molecule is O=C(Cc1ccc(Cl)cc1)N/N=C\c1ccccc1OCc1ccc(Cl)cc1. The van der Waals surface area contributed by atoms with E-state index in [2.05, 4.69) is 10.5 Å². The fourth-order valence-electron chi connectivity index (χ4n) is 2.46. The van der Waals surface area contributed by atoms with Crippen LogP contribution in [0.1, 0.15) is 16.7 Å². The first-order valence-electron chi connectivity index (χ1n) is 8.63. The summed E-state index contributed by atoms with van der Waals surface area (Å²) in [6, 6.07) is 22.1. The molecule has 0 saturated heterocycles. The lowest BCUT2D eigenvalue weighted by Gasteiger charge is -2.09. The van der Waals surface area contributed by atoms with Crippen molar-refractivity contribution in [2.75, 3.05) is 0 Å². The first-order chi connectivity index (χ1) is 13.6. The molecule has 28 heavy (non-hydrogen) atoms. The number of carbonyl (C=O) groups excluding carboxylic acids is 1. The molecule has 6 heteroatoms. The lowest BCUT2D eigenvalue weighted by molar-refractivity contribution is -0.120. The number of carbonyl (C=O) groups is 1. The highest BCUT2D eigenvalue weighted by Crippen LogP contribution is 2.18. The zero-order chi connectivity index (χ0) is 19.8. The molecule has 0 atom stereocenters. The van der Waals surface area contributed by atoms with Gasteiger partial charge in [-0.3, -0.25) is 4.79 Å². The van der Waals surface area contributed by atoms with Crippen molar-refractivity contribution in [2.45, 2.75) is 13.0 Å². The van der Waals surface area contributed by atoms with E-state index in [1.54, 1.807) is 18.3 Å². The second-order valence-corrected chi connectivity index (χ2v) is 6.92. The summed E-state index contributed by atoms with van der Waals surface area (Å²) in [4.78, 5) is 12.0. The average molecular weight is 413 g/mol. The zero-order valence-electron chi connectivity index (χ0n) is 14.9. The van der Waals surface area contributed by atoms with Crippen molar-refractivity contribution < 1.29 is 9.53 Å². The summed E-state index contributed by atoms with van der Waals surface area (Å²) in [7, 11) is 0. The maximum absolute atomic E-state index is 12.0. The van der Waals surface area contributed by atoms with Crippen LogP contribution in [0.25, 0.3) is 0 Å². The third-order valence-electron chi connectivity index (χ3n) is 3.90. The molecule has 0 unspecified atom stereocenters. The summed E-state index contributed by atoms with van der Waals surface area (Å²) in [6.07, 6.45) is 1.79. The van der Waals surface area contributed by atoms with Crippen LogP contribution in [0.3, 0.4) is 0 Å². The molecule has 0 aliphatic rings. The number of nitrogens with one attached hydrogen (secondary N) is 1. The van der Waals surface area contributed by atoms with Crippen LogP contribution < -0.4 is 10.2 Å². The quantitative estimate of drug-likeness (QED) is 0.424. The van der Waals surface area contributed by atoms with Gasteiger partial charge >= 0.3 is 0 Å². The van der Waals surface area contributed by atoms with Gasteiger partial charge in [0.15, 0.2) is 0 Å². The maximum Gasteiger partial charge on any atom is 0.244 e.